The van der Waals surface area contributed by atoms with Gasteiger partial charge in [0, 0.05) is 17.4 Å². The number of nitrogen functional groups attached to an aromatic ring is 1. The lowest BCUT2D eigenvalue weighted by Gasteiger charge is -2.06. The summed E-state index contributed by atoms with van der Waals surface area (Å²) in [5.74, 6) is 0.296. The molecule has 6 heteroatoms. The molecule has 0 spiro atoms. The van der Waals surface area contributed by atoms with Gasteiger partial charge in [0.15, 0.2) is 0 Å². The standard InChI is InChI=1S/C13H16BrN3O2/c1-2-19-12(18)4-3-7-17-11-6-5-9(14)8-10(11)16-13(17)15/h5-6,8H,2-4,7H2,1H3,(H2,15,16). The second-order valence-corrected chi connectivity index (χ2v) is 5.08. The Labute approximate surface area is 119 Å². The molecule has 0 fully saturated rings. The first-order chi connectivity index (χ1) is 9.11. The zero-order valence-corrected chi connectivity index (χ0v) is 12.3. The molecule has 0 saturated carbocycles. The van der Waals surface area contributed by atoms with Gasteiger partial charge in [-0.2, -0.15) is 0 Å². The van der Waals surface area contributed by atoms with Crippen molar-refractivity contribution in [1.82, 2.24) is 9.55 Å². The number of hydrogen-bond acceptors (Lipinski definition) is 4. The fourth-order valence-electron chi connectivity index (χ4n) is 1.97. The second-order valence-electron chi connectivity index (χ2n) is 4.16. The fraction of sp³-hybridized carbons (Fsp3) is 0.385. The van der Waals surface area contributed by atoms with Crippen molar-refractivity contribution in [2.75, 3.05) is 12.3 Å². The highest BCUT2D eigenvalue weighted by Crippen LogP contribution is 2.22. The van der Waals surface area contributed by atoms with Crippen molar-refractivity contribution in [3.63, 3.8) is 0 Å². The van der Waals surface area contributed by atoms with Gasteiger partial charge in [0.05, 0.1) is 17.6 Å². The average molecular weight is 326 g/mol. The highest BCUT2D eigenvalue weighted by molar-refractivity contribution is 9.10. The number of fused-ring (bicyclic) bond motifs is 1. The quantitative estimate of drug-likeness (QED) is 0.858. The number of carbonyl (C=O) groups is 1. The Morgan fingerprint density at radius 3 is 3.05 bits per heavy atom. The summed E-state index contributed by atoms with van der Waals surface area (Å²) in [5.41, 5.74) is 7.73. The Kier molecular flexibility index (Phi) is 4.42. The van der Waals surface area contributed by atoms with Crippen LogP contribution in [0, 0.1) is 0 Å². The van der Waals surface area contributed by atoms with Crippen LogP contribution < -0.4 is 5.73 Å². The number of aromatic nitrogens is 2. The number of rotatable bonds is 5. The summed E-state index contributed by atoms with van der Waals surface area (Å²) in [4.78, 5) is 15.6. The molecule has 0 aliphatic heterocycles. The molecule has 0 amide bonds. The van der Waals surface area contributed by atoms with Crippen molar-refractivity contribution < 1.29 is 9.53 Å². The van der Waals surface area contributed by atoms with Crippen LogP contribution in [0.25, 0.3) is 11.0 Å². The SMILES string of the molecule is CCOC(=O)CCCn1c(N)nc2cc(Br)ccc21. The lowest BCUT2D eigenvalue weighted by Crippen LogP contribution is -2.08. The summed E-state index contributed by atoms with van der Waals surface area (Å²) in [5, 5.41) is 0. The molecule has 1 heterocycles. The second kappa shape index (κ2) is 6.06. The largest absolute Gasteiger partial charge is 0.466 e. The Balaban J connectivity index is 2.08. The molecule has 1 aromatic heterocycles. The molecule has 0 aliphatic carbocycles. The van der Waals surface area contributed by atoms with E-state index in [1.165, 1.54) is 0 Å². The van der Waals surface area contributed by atoms with Crippen LogP contribution in [0.2, 0.25) is 0 Å². The van der Waals surface area contributed by atoms with Crippen LogP contribution in [0.5, 0.6) is 0 Å². The van der Waals surface area contributed by atoms with Crippen LogP contribution in [0.4, 0.5) is 5.95 Å². The number of ether oxygens (including phenoxy) is 1. The first kappa shape index (κ1) is 13.9. The molecule has 0 bridgehead atoms. The summed E-state index contributed by atoms with van der Waals surface area (Å²) < 4.78 is 7.78. The number of esters is 1. The number of nitrogens with two attached hydrogens (primary N) is 1. The molecule has 0 atom stereocenters. The summed E-state index contributed by atoms with van der Waals surface area (Å²) in [6, 6.07) is 5.84. The van der Waals surface area contributed by atoms with E-state index in [2.05, 4.69) is 20.9 Å². The average Bonchev–Trinajstić information content (AvgIpc) is 2.65. The number of nitrogens with zero attached hydrogens (tertiary/aromatic N) is 2. The molecule has 2 N–H and O–H groups in total. The molecule has 0 aliphatic rings. The molecular formula is C13H16BrN3O2. The topological polar surface area (TPSA) is 70.1 Å². The van der Waals surface area contributed by atoms with E-state index in [4.69, 9.17) is 10.5 Å². The first-order valence-electron chi connectivity index (χ1n) is 6.18. The van der Waals surface area contributed by atoms with Crippen LogP contribution in [0.15, 0.2) is 22.7 Å². The third kappa shape index (κ3) is 3.26. The van der Waals surface area contributed by atoms with Crippen LogP contribution >= 0.6 is 15.9 Å². The molecule has 19 heavy (non-hydrogen) atoms. The zero-order chi connectivity index (χ0) is 13.8. The maximum Gasteiger partial charge on any atom is 0.305 e. The predicted octanol–water partition coefficient (Wildman–Crippen LogP) is 2.72. The van der Waals surface area contributed by atoms with Crippen LogP contribution in [0.3, 0.4) is 0 Å². The summed E-state index contributed by atoms with van der Waals surface area (Å²) in [6.07, 6.45) is 1.08. The van der Waals surface area contributed by atoms with E-state index in [9.17, 15) is 4.79 Å². The van der Waals surface area contributed by atoms with E-state index in [0.717, 1.165) is 15.5 Å². The molecular weight excluding hydrogens is 310 g/mol. The number of benzene rings is 1. The minimum atomic E-state index is -0.173. The van der Waals surface area contributed by atoms with Gasteiger partial charge in [-0.15, -0.1) is 0 Å². The highest BCUT2D eigenvalue weighted by atomic mass is 79.9. The number of aryl methyl sites for hydroxylation is 1. The van der Waals surface area contributed by atoms with Gasteiger partial charge < -0.3 is 15.0 Å². The van der Waals surface area contributed by atoms with Gasteiger partial charge >= 0.3 is 5.97 Å². The first-order valence-corrected chi connectivity index (χ1v) is 6.98. The van der Waals surface area contributed by atoms with Gasteiger partial charge in [0.2, 0.25) is 5.95 Å². The van der Waals surface area contributed by atoms with Crippen LogP contribution in [-0.4, -0.2) is 22.1 Å². The fourth-order valence-corrected chi connectivity index (χ4v) is 2.32. The van der Waals surface area contributed by atoms with Crippen molar-refractivity contribution in [3.8, 4) is 0 Å². The number of anilines is 1. The number of imidazole rings is 1. The van der Waals surface area contributed by atoms with Gasteiger partial charge in [-0.05, 0) is 31.5 Å². The van der Waals surface area contributed by atoms with E-state index in [1.54, 1.807) is 6.92 Å². The van der Waals surface area contributed by atoms with Crippen molar-refractivity contribution in [1.29, 1.82) is 0 Å². The Morgan fingerprint density at radius 2 is 2.32 bits per heavy atom. The normalized spacial score (nSPS) is 10.8. The molecule has 1 aromatic carbocycles. The van der Waals surface area contributed by atoms with Gasteiger partial charge in [0.25, 0.3) is 0 Å². The highest BCUT2D eigenvalue weighted by Gasteiger charge is 2.09. The predicted molar refractivity (Wildman–Crippen MR) is 77.7 cm³/mol. The van der Waals surface area contributed by atoms with Crippen molar-refractivity contribution in [3.05, 3.63) is 22.7 Å². The third-order valence-electron chi connectivity index (χ3n) is 2.81. The van der Waals surface area contributed by atoms with Crippen molar-refractivity contribution in [2.45, 2.75) is 26.3 Å². The van der Waals surface area contributed by atoms with E-state index < -0.39 is 0 Å². The van der Waals surface area contributed by atoms with E-state index in [-0.39, 0.29) is 5.97 Å². The van der Waals surface area contributed by atoms with Crippen molar-refractivity contribution >= 4 is 38.9 Å². The van der Waals surface area contributed by atoms with E-state index in [1.807, 2.05) is 22.8 Å². The van der Waals surface area contributed by atoms with Crippen LogP contribution in [0.1, 0.15) is 19.8 Å². The Morgan fingerprint density at radius 1 is 1.53 bits per heavy atom. The third-order valence-corrected chi connectivity index (χ3v) is 3.30. The Hall–Kier alpha value is -1.56. The monoisotopic (exact) mass is 325 g/mol. The molecule has 2 rings (SSSR count). The number of hydrogen-bond donors (Lipinski definition) is 1. The molecule has 102 valence electrons. The molecule has 2 aromatic rings. The summed E-state index contributed by atoms with van der Waals surface area (Å²) in [6.45, 7) is 2.88. The van der Waals surface area contributed by atoms with Gasteiger partial charge in [0.1, 0.15) is 0 Å². The Bertz CT molecular complexity index is 595. The molecule has 5 nitrogen and oxygen atoms in total. The van der Waals surface area contributed by atoms with Crippen LogP contribution in [-0.2, 0) is 16.1 Å². The minimum absolute atomic E-state index is 0.173. The van der Waals surface area contributed by atoms with Gasteiger partial charge in [-0.3, -0.25) is 4.79 Å². The lowest BCUT2D eigenvalue weighted by molar-refractivity contribution is -0.143. The van der Waals surface area contributed by atoms with Gasteiger partial charge in [-0.1, -0.05) is 15.9 Å². The maximum atomic E-state index is 11.3. The lowest BCUT2D eigenvalue weighted by atomic mass is 10.3. The molecule has 0 radical (unpaired) electrons. The molecule has 0 saturated heterocycles. The van der Waals surface area contributed by atoms with Gasteiger partial charge in [-0.25, -0.2) is 4.98 Å². The number of carbonyl (C=O) groups excluding carboxylic acids is 1. The zero-order valence-electron chi connectivity index (χ0n) is 10.7. The summed E-state index contributed by atoms with van der Waals surface area (Å²) in [7, 11) is 0. The maximum absolute atomic E-state index is 11.3. The smallest absolute Gasteiger partial charge is 0.305 e. The van der Waals surface area contributed by atoms with E-state index >= 15 is 0 Å². The van der Waals surface area contributed by atoms with E-state index in [0.29, 0.717) is 31.9 Å². The summed E-state index contributed by atoms with van der Waals surface area (Å²) >= 11 is 3.40. The number of halogens is 1. The minimum Gasteiger partial charge on any atom is -0.466 e. The van der Waals surface area contributed by atoms with Crippen molar-refractivity contribution in [2.24, 2.45) is 0 Å². The molecule has 0 unspecified atom stereocenters.